The highest BCUT2D eigenvalue weighted by Gasteiger charge is 2.16. The van der Waals surface area contributed by atoms with Crippen LogP contribution in [0.25, 0.3) is 9.69 Å². The molecule has 0 N–H and O–H groups in total. The Morgan fingerprint density at radius 2 is 1.00 bits per heavy atom. The van der Waals surface area contributed by atoms with Crippen LogP contribution in [0.1, 0.15) is 36.8 Å². The van der Waals surface area contributed by atoms with Gasteiger partial charge in [0.05, 0.1) is 0 Å². The van der Waals surface area contributed by atoms with Gasteiger partial charge in [0.25, 0.3) is 0 Å². The van der Waals surface area contributed by atoms with Gasteiger partial charge in [-0.1, -0.05) is 60.7 Å². The highest BCUT2D eigenvalue weighted by Crippen LogP contribution is 2.16. The van der Waals surface area contributed by atoms with Gasteiger partial charge in [-0.05, 0) is 24.0 Å². The van der Waals surface area contributed by atoms with E-state index in [9.17, 15) is 0 Å². The van der Waals surface area contributed by atoms with Crippen LogP contribution in [-0.2, 0) is 12.8 Å². The second-order valence-corrected chi connectivity index (χ2v) is 6.23. The summed E-state index contributed by atoms with van der Waals surface area (Å²) in [4.78, 5) is 7.55. The van der Waals surface area contributed by atoms with E-state index < -0.39 is 0 Å². The average molecular weight is 316 g/mol. The molecule has 0 amide bonds. The van der Waals surface area contributed by atoms with E-state index >= 15 is 0 Å². The van der Waals surface area contributed by atoms with Crippen molar-refractivity contribution in [3.8, 4) is 0 Å². The average Bonchev–Trinajstić information content (AvgIpc) is 2.64. The van der Waals surface area contributed by atoms with Crippen molar-refractivity contribution in [2.45, 2.75) is 50.6 Å². The third-order valence-electron chi connectivity index (χ3n) is 4.32. The highest BCUT2D eigenvalue weighted by molar-refractivity contribution is 5.17. The summed E-state index contributed by atoms with van der Waals surface area (Å²) in [7, 11) is 0. The van der Waals surface area contributed by atoms with Crippen molar-refractivity contribution in [2.75, 3.05) is 0 Å². The van der Waals surface area contributed by atoms with Gasteiger partial charge in [0.2, 0.25) is 12.1 Å². The molecule has 0 aliphatic rings. The minimum absolute atomic E-state index is 0.0629. The molecule has 2 nitrogen and oxygen atoms in total. The Morgan fingerprint density at radius 3 is 1.33 bits per heavy atom. The fourth-order valence-electron chi connectivity index (χ4n) is 2.96. The Hall–Kier alpha value is -2.58. The molecule has 0 heterocycles. The lowest BCUT2D eigenvalue weighted by Gasteiger charge is -2.08. The van der Waals surface area contributed by atoms with Crippen molar-refractivity contribution >= 4 is 0 Å². The van der Waals surface area contributed by atoms with E-state index in [1.807, 2.05) is 36.4 Å². The molecule has 0 aliphatic carbocycles. The van der Waals surface area contributed by atoms with E-state index in [0.717, 1.165) is 38.5 Å². The summed E-state index contributed by atoms with van der Waals surface area (Å²) >= 11 is 0. The Bertz CT molecular complexity index is 603. The molecule has 0 saturated carbocycles. The maximum Gasteiger partial charge on any atom is 0.227 e. The van der Waals surface area contributed by atoms with Gasteiger partial charge < -0.3 is 9.69 Å². The summed E-state index contributed by atoms with van der Waals surface area (Å²) in [6.45, 7) is 14.8. The minimum atomic E-state index is 0.0629. The van der Waals surface area contributed by atoms with Gasteiger partial charge in [0, 0.05) is 25.7 Å². The molecule has 0 aromatic heterocycles. The molecule has 0 radical (unpaired) electrons. The zero-order valence-electron chi connectivity index (χ0n) is 14.1. The van der Waals surface area contributed by atoms with E-state index in [4.69, 9.17) is 13.1 Å². The zero-order chi connectivity index (χ0) is 17.0. The summed E-state index contributed by atoms with van der Waals surface area (Å²) in [5, 5.41) is 0. The smallest absolute Gasteiger partial charge is 0.227 e. The number of nitrogens with zero attached hydrogens (tertiary/aromatic N) is 2. The summed E-state index contributed by atoms with van der Waals surface area (Å²) in [6.07, 6.45) is 5.57. The van der Waals surface area contributed by atoms with E-state index in [2.05, 4.69) is 34.0 Å². The fraction of sp³-hybridized carbons (Fsp3) is 0.364. The molecule has 2 atom stereocenters. The largest absolute Gasteiger partial charge is 0.313 e. The van der Waals surface area contributed by atoms with Crippen LogP contribution < -0.4 is 0 Å². The number of unbranched alkanes of at least 4 members (excludes halogenated alkanes) is 1. The van der Waals surface area contributed by atoms with E-state index in [-0.39, 0.29) is 12.1 Å². The molecule has 0 fully saturated rings. The van der Waals surface area contributed by atoms with Crippen LogP contribution in [0.4, 0.5) is 0 Å². The molecule has 0 saturated heterocycles. The first-order valence-corrected chi connectivity index (χ1v) is 8.63. The summed E-state index contributed by atoms with van der Waals surface area (Å²) in [6, 6.07) is 20.6. The Labute approximate surface area is 145 Å². The van der Waals surface area contributed by atoms with Crippen molar-refractivity contribution in [2.24, 2.45) is 0 Å². The zero-order valence-corrected chi connectivity index (χ0v) is 14.1. The molecule has 0 aliphatic heterocycles. The first kappa shape index (κ1) is 17.8. The summed E-state index contributed by atoms with van der Waals surface area (Å²) in [5.41, 5.74) is 2.48. The molecule has 0 bridgehead atoms. The van der Waals surface area contributed by atoms with Gasteiger partial charge in [-0.3, -0.25) is 0 Å². The first-order chi connectivity index (χ1) is 11.8. The van der Waals surface area contributed by atoms with Crippen LogP contribution >= 0.6 is 0 Å². The van der Waals surface area contributed by atoms with Crippen molar-refractivity contribution in [3.05, 3.63) is 94.6 Å². The van der Waals surface area contributed by atoms with Crippen LogP contribution in [0.2, 0.25) is 0 Å². The fourth-order valence-corrected chi connectivity index (χ4v) is 2.96. The highest BCUT2D eigenvalue weighted by atomic mass is 14.7. The summed E-state index contributed by atoms with van der Waals surface area (Å²) in [5.74, 6) is 0. The predicted molar refractivity (Wildman–Crippen MR) is 99.5 cm³/mol. The molecule has 122 valence electrons. The lowest BCUT2D eigenvalue weighted by molar-refractivity contribution is 0.562. The van der Waals surface area contributed by atoms with Gasteiger partial charge in [0.15, 0.2) is 0 Å². The topological polar surface area (TPSA) is 8.72 Å². The van der Waals surface area contributed by atoms with Gasteiger partial charge in [0.1, 0.15) is 0 Å². The van der Waals surface area contributed by atoms with Crippen LogP contribution in [0, 0.1) is 13.1 Å². The van der Waals surface area contributed by atoms with Crippen LogP contribution in [0.5, 0.6) is 0 Å². The number of benzene rings is 2. The van der Waals surface area contributed by atoms with Crippen LogP contribution in [0.3, 0.4) is 0 Å². The molecule has 2 heteroatoms. The van der Waals surface area contributed by atoms with Crippen molar-refractivity contribution in [3.63, 3.8) is 0 Å². The van der Waals surface area contributed by atoms with E-state index in [1.165, 1.54) is 11.1 Å². The molecule has 2 aromatic rings. The molecule has 2 unspecified atom stereocenters. The van der Waals surface area contributed by atoms with Crippen molar-refractivity contribution < 1.29 is 0 Å². The molecule has 2 aromatic carbocycles. The standard InChI is InChI=1S/C22H24N2/c1-23-21(17-19-11-5-3-6-12-19)15-9-10-16-22(24-2)18-20-13-7-4-8-14-20/h3-8,11-14,21-22H,9-10,15-18H2. The Kier molecular flexibility index (Phi) is 7.58. The number of hydrogen-bond donors (Lipinski definition) is 0. The maximum atomic E-state index is 7.39. The second kappa shape index (κ2) is 10.2. The van der Waals surface area contributed by atoms with Gasteiger partial charge in [-0.25, -0.2) is 13.1 Å². The van der Waals surface area contributed by atoms with Gasteiger partial charge in [-0.15, -0.1) is 0 Å². The third kappa shape index (κ3) is 6.27. The van der Waals surface area contributed by atoms with Crippen molar-refractivity contribution in [1.29, 1.82) is 0 Å². The predicted octanol–water partition coefficient (Wildman–Crippen LogP) is 5.61. The van der Waals surface area contributed by atoms with Gasteiger partial charge in [-0.2, -0.15) is 0 Å². The maximum absolute atomic E-state index is 7.39. The summed E-state index contributed by atoms with van der Waals surface area (Å²) < 4.78 is 0. The molecule has 2 rings (SSSR count). The van der Waals surface area contributed by atoms with E-state index in [0.29, 0.717) is 0 Å². The quantitative estimate of drug-likeness (QED) is 0.420. The Balaban J connectivity index is 1.70. The van der Waals surface area contributed by atoms with Crippen LogP contribution in [0.15, 0.2) is 60.7 Å². The third-order valence-corrected chi connectivity index (χ3v) is 4.32. The molecular weight excluding hydrogens is 292 g/mol. The van der Waals surface area contributed by atoms with Crippen molar-refractivity contribution in [1.82, 2.24) is 0 Å². The first-order valence-electron chi connectivity index (χ1n) is 8.63. The van der Waals surface area contributed by atoms with Crippen LogP contribution in [-0.4, -0.2) is 12.1 Å². The normalized spacial score (nSPS) is 12.8. The number of hydrogen-bond acceptors (Lipinski definition) is 0. The van der Waals surface area contributed by atoms with Gasteiger partial charge >= 0.3 is 0 Å². The lowest BCUT2D eigenvalue weighted by Crippen LogP contribution is -2.09. The molecule has 24 heavy (non-hydrogen) atoms. The molecule has 0 spiro atoms. The monoisotopic (exact) mass is 316 g/mol. The SMILES string of the molecule is [C-]#[N+]C(CCCCC(Cc1ccccc1)[N+]#[C-])Cc1ccccc1. The second-order valence-electron chi connectivity index (χ2n) is 6.23. The Morgan fingerprint density at radius 1 is 0.625 bits per heavy atom. The lowest BCUT2D eigenvalue weighted by atomic mass is 9.98. The van der Waals surface area contributed by atoms with E-state index in [1.54, 1.807) is 0 Å². The molecular formula is C22H24N2. The minimum Gasteiger partial charge on any atom is -0.313 e. The number of rotatable bonds is 9.